The molecule has 0 aromatic heterocycles. The number of carbonyl (C=O) groups excluding carboxylic acids is 2. The molecule has 0 saturated heterocycles. The maximum absolute atomic E-state index is 13.3. The van der Waals surface area contributed by atoms with E-state index < -0.39 is 21.6 Å². The van der Waals surface area contributed by atoms with Gasteiger partial charge in [-0.2, -0.15) is 0 Å². The van der Waals surface area contributed by atoms with Gasteiger partial charge in [0, 0.05) is 35.1 Å². The van der Waals surface area contributed by atoms with Crippen molar-refractivity contribution >= 4 is 50.7 Å². The Morgan fingerprint density at radius 1 is 1.06 bits per heavy atom. The monoisotopic (exact) mass is 541 g/mol. The minimum Gasteiger partial charge on any atom is -0.350 e. The number of nitrogens with zero attached hydrogens (tertiary/aromatic N) is 2. The number of anilines is 1. The Hall–Kier alpha value is -2.29. The van der Waals surface area contributed by atoms with Crippen molar-refractivity contribution in [1.29, 1.82) is 0 Å². The number of rotatable bonds is 10. The van der Waals surface area contributed by atoms with Crippen molar-refractivity contribution in [2.45, 2.75) is 58.7 Å². The predicted octanol–water partition coefficient (Wildman–Crippen LogP) is 4.87. The average molecular weight is 543 g/mol. The van der Waals surface area contributed by atoms with Gasteiger partial charge in [-0.05, 0) is 63.9 Å². The molecule has 0 radical (unpaired) electrons. The van der Waals surface area contributed by atoms with Gasteiger partial charge in [-0.1, -0.05) is 47.5 Å². The molecule has 0 aliphatic carbocycles. The van der Waals surface area contributed by atoms with E-state index >= 15 is 0 Å². The Labute approximate surface area is 218 Å². The van der Waals surface area contributed by atoms with Crippen molar-refractivity contribution in [3.63, 3.8) is 0 Å². The predicted molar refractivity (Wildman–Crippen MR) is 142 cm³/mol. The highest BCUT2D eigenvalue weighted by atomic mass is 35.5. The maximum Gasteiger partial charge on any atom is 0.242 e. The van der Waals surface area contributed by atoms with E-state index in [1.807, 2.05) is 32.9 Å². The fourth-order valence-corrected chi connectivity index (χ4v) is 4.84. The fourth-order valence-electron chi connectivity index (χ4n) is 3.50. The summed E-state index contributed by atoms with van der Waals surface area (Å²) in [4.78, 5) is 27.7. The molecular weight excluding hydrogens is 509 g/mol. The second-order valence-electron chi connectivity index (χ2n) is 9.45. The second-order valence-corrected chi connectivity index (χ2v) is 12.2. The van der Waals surface area contributed by atoms with E-state index in [1.165, 1.54) is 9.21 Å². The topological polar surface area (TPSA) is 86.8 Å². The molecule has 0 aliphatic rings. The van der Waals surface area contributed by atoms with Crippen molar-refractivity contribution in [3.8, 4) is 0 Å². The van der Waals surface area contributed by atoms with Gasteiger partial charge in [0.2, 0.25) is 21.8 Å². The summed E-state index contributed by atoms with van der Waals surface area (Å²) >= 11 is 12.4. The van der Waals surface area contributed by atoms with Crippen molar-refractivity contribution in [2.75, 3.05) is 17.1 Å². The van der Waals surface area contributed by atoms with Gasteiger partial charge < -0.3 is 10.2 Å². The van der Waals surface area contributed by atoms with Crippen LogP contribution >= 0.6 is 23.2 Å². The largest absolute Gasteiger partial charge is 0.350 e. The molecule has 10 heteroatoms. The lowest BCUT2D eigenvalue weighted by atomic mass is 10.1. The van der Waals surface area contributed by atoms with E-state index in [0.717, 1.165) is 11.8 Å². The van der Waals surface area contributed by atoms with Crippen molar-refractivity contribution in [2.24, 2.45) is 0 Å². The molecule has 1 atom stereocenters. The first-order chi connectivity index (χ1) is 16.2. The third-order valence-electron chi connectivity index (χ3n) is 5.21. The number of carbonyl (C=O) groups is 2. The van der Waals surface area contributed by atoms with Crippen LogP contribution in [0.2, 0.25) is 10.0 Å². The molecule has 35 heavy (non-hydrogen) atoms. The first-order valence-corrected chi connectivity index (χ1v) is 13.9. The van der Waals surface area contributed by atoms with Crippen LogP contribution in [-0.2, 0) is 26.2 Å². The highest BCUT2D eigenvalue weighted by Gasteiger charge is 2.29. The summed E-state index contributed by atoms with van der Waals surface area (Å²) in [6.45, 7) is 7.52. The van der Waals surface area contributed by atoms with Crippen LogP contribution in [0.4, 0.5) is 5.69 Å². The molecule has 1 N–H and O–H groups in total. The zero-order chi connectivity index (χ0) is 26.4. The number of nitrogens with one attached hydrogen (secondary N) is 1. The normalized spacial score (nSPS) is 12.7. The van der Waals surface area contributed by atoms with E-state index in [2.05, 4.69) is 5.32 Å². The van der Waals surface area contributed by atoms with Gasteiger partial charge in [0.05, 0.1) is 11.9 Å². The van der Waals surface area contributed by atoms with Crippen LogP contribution in [-0.4, -0.2) is 49.5 Å². The number of amides is 2. The van der Waals surface area contributed by atoms with Crippen LogP contribution < -0.4 is 9.62 Å². The standard InChI is InChI=1S/C25H33Cl2N3O4S/c1-18(24(32)28-25(2,3)4)29(17-19-10-6-7-13-22(19)27)23(31)14-9-15-30(35(5,33)34)21-12-8-11-20(26)16-21/h6-8,10-13,16,18H,9,14-15,17H2,1-5H3,(H,28,32)/t18-/m1/s1. The quantitative estimate of drug-likeness (QED) is 0.464. The van der Waals surface area contributed by atoms with Crippen molar-refractivity contribution in [3.05, 3.63) is 64.1 Å². The number of hydrogen-bond donors (Lipinski definition) is 1. The lowest BCUT2D eigenvalue weighted by molar-refractivity contribution is -0.141. The summed E-state index contributed by atoms with van der Waals surface area (Å²) in [6.07, 6.45) is 1.41. The molecular formula is C25H33Cl2N3O4S. The summed E-state index contributed by atoms with van der Waals surface area (Å²) < 4.78 is 26.0. The molecule has 2 aromatic rings. The Morgan fingerprint density at radius 2 is 1.71 bits per heavy atom. The van der Waals surface area contributed by atoms with Crippen LogP contribution in [0.25, 0.3) is 0 Å². The second kappa shape index (κ2) is 12.1. The smallest absolute Gasteiger partial charge is 0.242 e. The third kappa shape index (κ3) is 9.02. The lowest BCUT2D eigenvalue weighted by Crippen LogP contribution is -2.52. The number of sulfonamides is 1. The third-order valence-corrected chi connectivity index (χ3v) is 7.01. The van der Waals surface area contributed by atoms with Crippen LogP contribution in [0.5, 0.6) is 0 Å². The first-order valence-electron chi connectivity index (χ1n) is 11.3. The molecule has 0 aliphatic heterocycles. The van der Waals surface area contributed by atoms with Gasteiger partial charge in [0.15, 0.2) is 0 Å². The minimum atomic E-state index is -3.59. The van der Waals surface area contributed by atoms with E-state index in [9.17, 15) is 18.0 Å². The SMILES string of the molecule is C[C@H](C(=O)NC(C)(C)C)N(Cc1ccccc1Cl)C(=O)CCCN(c1cccc(Cl)c1)S(C)(=O)=O. The summed E-state index contributed by atoms with van der Waals surface area (Å²) in [5.41, 5.74) is 0.685. The van der Waals surface area contributed by atoms with Gasteiger partial charge in [0.1, 0.15) is 6.04 Å². The van der Waals surface area contributed by atoms with Gasteiger partial charge in [-0.25, -0.2) is 8.42 Å². The molecule has 2 amide bonds. The molecule has 2 aromatic carbocycles. The summed E-state index contributed by atoms with van der Waals surface area (Å²) in [6, 6.07) is 12.9. The Balaban J connectivity index is 2.20. The minimum absolute atomic E-state index is 0.0458. The average Bonchev–Trinajstić information content (AvgIpc) is 2.73. The fraction of sp³-hybridized carbons (Fsp3) is 0.440. The number of halogens is 2. The Bertz CT molecular complexity index is 1150. The molecule has 0 spiro atoms. The van der Waals surface area contributed by atoms with Crippen LogP contribution in [0.15, 0.2) is 48.5 Å². The van der Waals surface area contributed by atoms with E-state index in [1.54, 1.807) is 43.3 Å². The van der Waals surface area contributed by atoms with E-state index in [4.69, 9.17) is 23.2 Å². The summed E-state index contributed by atoms with van der Waals surface area (Å²) in [7, 11) is -3.59. The molecule has 192 valence electrons. The molecule has 0 unspecified atom stereocenters. The van der Waals surface area contributed by atoms with Gasteiger partial charge in [-0.3, -0.25) is 13.9 Å². The molecule has 0 bridgehead atoms. The van der Waals surface area contributed by atoms with Crippen LogP contribution in [0.3, 0.4) is 0 Å². The number of hydrogen-bond acceptors (Lipinski definition) is 4. The highest BCUT2D eigenvalue weighted by molar-refractivity contribution is 7.92. The molecule has 2 rings (SSSR count). The van der Waals surface area contributed by atoms with Crippen LogP contribution in [0.1, 0.15) is 46.1 Å². The molecule has 0 heterocycles. The highest BCUT2D eigenvalue weighted by Crippen LogP contribution is 2.23. The molecule has 0 saturated carbocycles. The van der Waals surface area contributed by atoms with E-state index in [-0.39, 0.29) is 37.7 Å². The Kier molecular flexibility index (Phi) is 10.0. The zero-order valence-electron chi connectivity index (χ0n) is 20.7. The van der Waals surface area contributed by atoms with Crippen molar-refractivity contribution in [1.82, 2.24) is 10.2 Å². The lowest BCUT2D eigenvalue weighted by Gasteiger charge is -2.32. The van der Waals surface area contributed by atoms with Gasteiger partial charge in [0.25, 0.3) is 0 Å². The first kappa shape index (κ1) is 28.9. The van der Waals surface area contributed by atoms with E-state index in [0.29, 0.717) is 15.7 Å². The van der Waals surface area contributed by atoms with Crippen LogP contribution in [0, 0.1) is 0 Å². The summed E-state index contributed by atoms with van der Waals surface area (Å²) in [5.74, 6) is -0.560. The summed E-state index contributed by atoms with van der Waals surface area (Å²) in [5, 5.41) is 3.82. The van der Waals surface area contributed by atoms with Gasteiger partial charge >= 0.3 is 0 Å². The zero-order valence-corrected chi connectivity index (χ0v) is 23.0. The molecule has 0 fully saturated rings. The van der Waals surface area contributed by atoms with Gasteiger partial charge in [-0.15, -0.1) is 0 Å². The number of benzene rings is 2. The van der Waals surface area contributed by atoms with Crippen molar-refractivity contribution < 1.29 is 18.0 Å². The maximum atomic E-state index is 13.3. The molecule has 7 nitrogen and oxygen atoms in total. The Morgan fingerprint density at radius 3 is 2.29 bits per heavy atom.